The summed E-state index contributed by atoms with van der Waals surface area (Å²) in [5, 5.41) is 10.6. The molecule has 0 aliphatic heterocycles. The van der Waals surface area contributed by atoms with Crippen LogP contribution in [0.4, 0.5) is 10.1 Å². The lowest BCUT2D eigenvalue weighted by Gasteiger charge is -2.11. The summed E-state index contributed by atoms with van der Waals surface area (Å²) in [6.07, 6.45) is 1.26. The van der Waals surface area contributed by atoms with Crippen LogP contribution in [-0.4, -0.2) is 11.0 Å². The lowest BCUT2D eigenvalue weighted by molar-refractivity contribution is -0.384. The topological polar surface area (TPSA) is 69.2 Å². The number of nitro groups is 1. The molecule has 0 amide bonds. The SMILES string of the molecule is NC(Cc1ccc(F)cc1)Cc1ccc([N+](=O)[O-])cc1. The second-order valence-electron chi connectivity index (χ2n) is 4.72. The summed E-state index contributed by atoms with van der Waals surface area (Å²) in [6.45, 7) is 0. The normalized spacial score (nSPS) is 12.1. The molecule has 4 nitrogen and oxygen atoms in total. The number of nitrogens with zero attached hydrogens (tertiary/aromatic N) is 1. The van der Waals surface area contributed by atoms with E-state index in [0.29, 0.717) is 12.8 Å². The van der Waals surface area contributed by atoms with E-state index < -0.39 is 4.92 Å². The molecule has 2 aromatic carbocycles. The number of rotatable bonds is 5. The Balaban J connectivity index is 1.95. The van der Waals surface area contributed by atoms with Gasteiger partial charge in [0.1, 0.15) is 5.82 Å². The molecule has 0 heterocycles. The molecule has 5 heteroatoms. The molecule has 0 fully saturated rings. The van der Waals surface area contributed by atoms with Gasteiger partial charge in [0.05, 0.1) is 4.92 Å². The molecular formula is C15H15FN2O2. The molecule has 0 aliphatic carbocycles. The van der Waals surface area contributed by atoms with E-state index >= 15 is 0 Å². The molecule has 2 N–H and O–H groups in total. The zero-order chi connectivity index (χ0) is 14.5. The standard InChI is InChI=1S/C15H15FN2O2/c16-13-5-1-11(2-6-13)9-14(17)10-12-3-7-15(8-4-12)18(19)20/h1-8,14H,9-10,17H2. The first-order valence-electron chi connectivity index (χ1n) is 6.28. The molecule has 0 radical (unpaired) electrons. The maximum Gasteiger partial charge on any atom is 0.269 e. The minimum atomic E-state index is -0.428. The van der Waals surface area contributed by atoms with E-state index in [1.165, 1.54) is 24.3 Å². The van der Waals surface area contributed by atoms with E-state index in [-0.39, 0.29) is 17.5 Å². The van der Waals surface area contributed by atoms with Crippen LogP contribution in [0.1, 0.15) is 11.1 Å². The molecule has 20 heavy (non-hydrogen) atoms. The molecule has 2 rings (SSSR count). The number of non-ortho nitro benzene ring substituents is 1. The lowest BCUT2D eigenvalue weighted by Crippen LogP contribution is -2.25. The number of hydrogen-bond donors (Lipinski definition) is 1. The Morgan fingerprint density at radius 1 is 1.00 bits per heavy atom. The summed E-state index contributed by atoms with van der Waals surface area (Å²) in [6, 6.07) is 12.5. The van der Waals surface area contributed by atoms with Crippen LogP contribution in [0.2, 0.25) is 0 Å². The van der Waals surface area contributed by atoms with Crippen molar-refractivity contribution in [2.45, 2.75) is 18.9 Å². The van der Waals surface area contributed by atoms with Crippen LogP contribution in [0, 0.1) is 15.9 Å². The van der Waals surface area contributed by atoms with Gasteiger partial charge in [-0.25, -0.2) is 4.39 Å². The highest BCUT2D eigenvalue weighted by Gasteiger charge is 2.08. The second-order valence-corrected chi connectivity index (χ2v) is 4.72. The molecule has 0 saturated heterocycles. The number of halogens is 1. The van der Waals surface area contributed by atoms with Crippen molar-refractivity contribution in [1.82, 2.24) is 0 Å². The Kier molecular flexibility index (Phi) is 4.42. The third-order valence-corrected chi connectivity index (χ3v) is 3.06. The summed E-state index contributed by atoms with van der Waals surface area (Å²) in [5.74, 6) is -0.266. The number of nitrogens with two attached hydrogens (primary N) is 1. The summed E-state index contributed by atoms with van der Waals surface area (Å²) in [5.41, 5.74) is 8.04. The molecule has 1 atom stereocenters. The summed E-state index contributed by atoms with van der Waals surface area (Å²) in [4.78, 5) is 10.1. The molecule has 104 valence electrons. The zero-order valence-corrected chi connectivity index (χ0v) is 10.8. The minimum Gasteiger partial charge on any atom is -0.327 e. The van der Waals surface area contributed by atoms with Gasteiger partial charge in [0.2, 0.25) is 0 Å². The molecule has 0 aliphatic rings. The molecule has 2 aromatic rings. The predicted octanol–water partition coefficient (Wildman–Crippen LogP) is 2.85. The third kappa shape index (κ3) is 3.86. The lowest BCUT2D eigenvalue weighted by atomic mass is 9.99. The molecular weight excluding hydrogens is 259 g/mol. The van der Waals surface area contributed by atoms with Crippen molar-refractivity contribution in [3.05, 3.63) is 75.6 Å². The maximum atomic E-state index is 12.8. The minimum absolute atomic E-state index is 0.0702. The first-order valence-corrected chi connectivity index (χ1v) is 6.28. The quantitative estimate of drug-likeness (QED) is 0.673. The summed E-state index contributed by atoms with van der Waals surface area (Å²) >= 11 is 0. The van der Waals surface area contributed by atoms with Gasteiger partial charge >= 0.3 is 0 Å². The van der Waals surface area contributed by atoms with E-state index in [1.54, 1.807) is 24.3 Å². The zero-order valence-electron chi connectivity index (χ0n) is 10.8. The number of nitro benzene ring substituents is 1. The first-order chi connectivity index (χ1) is 9.54. The van der Waals surface area contributed by atoms with Crippen molar-refractivity contribution in [3.8, 4) is 0 Å². The third-order valence-electron chi connectivity index (χ3n) is 3.06. The van der Waals surface area contributed by atoms with Crippen LogP contribution in [-0.2, 0) is 12.8 Å². The second kappa shape index (κ2) is 6.25. The molecule has 0 bridgehead atoms. The Labute approximate surface area is 116 Å². The van der Waals surface area contributed by atoms with E-state index in [0.717, 1.165) is 11.1 Å². The van der Waals surface area contributed by atoms with Gasteiger partial charge in [0.15, 0.2) is 0 Å². The van der Waals surface area contributed by atoms with Crippen LogP contribution < -0.4 is 5.73 Å². The average Bonchev–Trinajstić information content (AvgIpc) is 2.42. The Hall–Kier alpha value is -2.27. The fraction of sp³-hybridized carbons (Fsp3) is 0.200. The largest absolute Gasteiger partial charge is 0.327 e. The van der Waals surface area contributed by atoms with Crippen LogP contribution in [0.3, 0.4) is 0 Å². The van der Waals surface area contributed by atoms with Gasteiger partial charge in [-0.15, -0.1) is 0 Å². The van der Waals surface area contributed by atoms with Crippen molar-refractivity contribution >= 4 is 5.69 Å². The van der Waals surface area contributed by atoms with Gasteiger partial charge in [0, 0.05) is 18.2 Å². The fourth-order valence-electron chi connectivity index (χ4n) is 2.05. The van der Waals surface area contributed by atoms with Crippen molar-refractivity contribution in [3.63, 3.8) is 0 Å². The van der Waals surface area contributed by atoms with Crippen molar-refractivity contribution in [1.29, 1.82) is 0 Å². The Morgan fingerprint density at radius 2 is 1.45 bits per heavy atom. The van der Waals surface area contributed by atoms with E-state index in [2.05, 4.69) is 0 Å². The number of hydrogen-bond acceptors (Lipinski definition) is 3. The molecule has 0 spiro atoms. The van der Waals surface area contributed by atoms with Crippen LogP contribution in [0.5, 0.6) is 0 Å². The smallest absolute Gasteiger partial charge is 0.269 e. The highest BCUT2D eigenvalue weighted by molar-refractivity contribution is 5.33. The molecule has 0 aromatic heterocycles. The van der Waals surface area contributed by atoms with Gasteiger partial charge in [-0.2, -0.15) is 0 Å². The van der Waals surface area contributed by atoms with Crippen LogP contribution >= 0.6 is 0 Å². The Morgan fingerprint density at radius 3 is 1.90 bits per heavy atom. The average molecular weight is 274 g/mol. The van der Waals surface area contributed by atoms with E-state index in [1.807, 2.05) is 0 Å². The van der Waals surface area contributed by atoms with Crippen molar-refractivity contribution in [2.24, 2.45) is 5.73 Å². The van der Waals surface area contributed by atoms with Crippen molar-refractivity contribution in [2.75, 3.05) is 0 Å². The van der Waals surface area contributed by atoms with E-state index in [9.17, 15) is 14.5 Å². The van der Waals surface area contributed by atoms with Crippen LogP contribution in [0.15, 0.2) is 48.5 Å². The molecule has 1 unspecified atom stereocenters. The summed E-state index contributed by atoms with van der Waals surface area (Å²) < 4.78 is 12.8. The molecule has 0 saturated carbocycles. The monoisotopic (exact) mass is 274 g/mol. The van der Waals surface area contributed by atoms with Gasteiger partial charge < -0.3 is 5.73 Å². The van der Waals surface area contributed by atoms with Gasteiger partial charge in [-0.05, 0) is 36.1 Å². The van der Waals surface area contributed by atoms with Gasteiger partial charge in [0.25, 0.3) is 5.69 Å². The van der Waals surface area contributed by atoms with Crippen LogP contribution in [0.25, 0.3) is 0 Å². The highest BCUT2D eigenvalue weighted by Crippen LogP contribution is 2.14. The first kappa shape index (κ1) is 14.1. The fourth-order valence-corrected chi connectivity index (χ4v) is 2.05. The van der Waals surface area contributed by atoms with Gasteiger partial charge in [-0.1, -0.05) is 24.3 Å². The predicted molar refractivity (Wildman–Crippen MR) is 74.9 cm³/mol. The number of benzene rings is 2. The Bertz CT molecular complexity index is 582. The highest BCUT2D eigenvalue weighted by atomic mass is 19.1. The van der Waals surface area contributed by atoms with E-state index in [4.69, 9.17) is 5.73 Å². The maximum absolute atomic E-state index is 12.8. The van der Waals surface area contributed by atoms with Crippen molar-refractivity contribution < 1.29 is 9.31 Å². The van der Waals surface area contributed by atoms with Gasteiger partial charge in [-0.3, -0.25) is 10.1 Å². The summed E-state index contributed by atoms with van der Waals surface area (Å²) in [7, 11) is 0.